The number of hydrogen-bond acceptors (Lipinski definition) is 5. The Morgan fingerprint density at radius 3 is 1.87 bits per heavy atom. The minimum Gasteiger partial charge on any atom is -0.457 e. The van der Waals surface area contributed by atoms with Crippen LogP contribution in [0.25, 0.3) is 27.6 Å². The fourth-order valence-electron chi connectivity index (χ4n) is 7.61. The maximum atomic E-state index is 10.5. The molecule has 0 fully saturated rings. The first-order valence-electron chi connectivity index (χ1n) is 19.1. The molecule has 0 unspecified atom stereocenters. The second kappa shape index (κ2) is 13.1. The number of anilines is 4. The highest BCUT2D eigenvalue weighted by Gasteiger charge is 2.30. The number of nitrogens with zero attached hydrogens (tertiary/aromatic N) is 5. The van der Waals surface area contributed by atoms with Gasteiger partial charge in [-0.1, -0.05) is 105 Å². The van der Waals surface area contributed by atoms with Crippen LogP contribution in [0, 0.1) is 11.3 Å². The third-order valence-electron chi connectivity index (χ3n) is 10.8. The molecule has 0 saturated carbocycles. The van der Waals surface area contributed by atoms with E-state index in [0.29, 0.717) is 23.7 Å². The van der Waals surface area contributed by atoms with Crippen LogP contribution in [0.15, 0.2) is 121 Å². The van der Waals surface area contributed by atoms with Gasteiger partial charge in [-0.3, -0.25) is 4.57 Å². The van der Waals surface area contributed by atoms with Crippen molar-refractivity contribution < 1.29 is 4.74 Å². The number of ether oxygens (including phenoxy) is 1. The Bertz CT molecular complexity index is 2610. The van der Waals surface area contributed by atoms with Gasteiger partial charge in [0.05, 0.1) is 34.0 Å². The van der Waals surface area contributed by atoms with Gasteiger partial charge in [0.1, 0.15) is 24.0 Å². The number of para-hydroxylation sites is 3. The number of pyridine rings is 1. The lowest BCUT2D eigenvalue weighted by molar-refractivity contribution is 0.483. The van der Waals surface area contributed by atoms with Crippen molar-refractivity contribution in [1.29, 1.82) is 5.26 Å². The zero-order chi connectivity index (χ0) is 38.9. The monoisotopic (exact) mass is 723 g/mol. The summed E-state index contributed by atoms with van der Waals surface area (Å²) in [7, 11) is 0. The molecule has 0 N–H and O–H groups in total. The topological polar surface area (TPSA) is 57.3 Å². The van der Waals surface area contributed by atoms with E-state index in [9.17, 15) is 5.26 Å². The summed E-state index contributed by atoms with van der Waals surface area (Å²) in [4.78, 5) is 9.59. The van der Waals surface area contributed by atoms with Gasteiger partial charge in [-0.15, -0.1) is 0 Å². The summed E-state index contributed by atoms with van der Waals surface area (Å²) < 4.78 is 8.83. The van der Waals surface area contributed by atoms with E-state index in [-0.39, 0.29) is 16.2 Å². The molecule has 0 atom stereocenters. The molecule has 276 valence electrons. The molecule has 7 aromatic rings. The zero-order valence-electron chi connectivity index (χ0n) is 33.4. The van der Waals surface area contributed by atoms with Crippen molar-refractivity contribution in [2.45, 2.75) is 78.6 Å². The summed E-state index contributed by atoms with van der Waals surface area (Å²) in [6.45, 7) is 21.0. The third kappa shape index (κ3) is 6.59. The minimum atomic E-state index is -0.0493. The van der Waals surface area contributed by atoms with Gasteiger partial charge in [0.2, 0.25) is 0 Å². The van der Waals surface area contributed by atoms with E-state index in [1.807, 2.05) is 42.6 Å². The Morgan fingerprint density at radius 2 is 1.22 bits per heavy atom. The molecule has 0 spiro atoms. The number of fused-ring (bicyclic) bond motifs is 4. The lowest BCUT2D eigenvalue weighted by Gasteiger charge is -2.29. The summed E-state index contributed by atoms with van der Waals surface area (Å²) in [6.07, 6.45) is 1.87. The number of rotatable bonds is 5. The fourth-order valence-corrected chi connectivity index (χ4v) is 7.61. The van der Waals surface area contributed by atoms with Gasteiger partial charge in [-0.05, 0) is 93.6 Å². The Morgan fingerprint density at radius 1 is 0.582 bits per heavy atom. The molecule has 0 aliphatic carbocycles. The molecule has 6 heteroatoms. The van der Waals surface area contributed by atoms with Gasteiger partial charge in [-0.25, -0.2) is 4.98 Å². The molecule has 0 bridgehead atoms. The first-order chi connectivity index (χ1) is 26.1. The molecule has 6 nitrogen and oxygen atoms in total. The molecule has 0 amide bonds. The van der Waals surface area contributed by atoms with Crippen molar-refractivity contribution in [2.75, 3.05) is 16.5 Å². The van der Waals surface area contributed by atoms with Crippen LogP contribution < -0.4 is 14.5 Å². The fraction of sp³-hybridized carbons (Fsp3) is 0.265. The number of aromatic nitrogens is 2. The molecular weight excluding hydrogens is 675 g/mol. The summed E-state index contributed by atoms with van der Waals surface area (Å²) in [6, 6.07) is 42.7. The van der Waals surface area contributed by atoms with Gasteiger partial charge in [-0.2, -0.15) is 5.26 Å². The van der Waals surface area contributed by atoms with E-state index in [4.69, 9.17) is 9.72 Å². The van der Waals surface area contributed by atoms with E-state index in [1.54, 1.807) is 0 Å². The highest BCUT2D eigenvalue weighted by atomic mass is 16.5. The van der Waals surface area contributed by atoms with E-state index in [2.05, 4.69) is 162 Å². The van der Waals surface area contributed by atoms with Crippen molar-refractivity contribution in [3.8, 4) is 23.4 Å². The Hall–Kier alpha value is -6.06. The maximum absolute atomic E-state index is 10.5. The van der Waals surface area contributed by atoms with Gasteiger partial charge in [0, 0.05) is 40.5 Å². The third-order valence-corrected chi connectivity index (χ3v) is 10.8. The summed E-state index contributed by atoms with van der Waals surface area (Å²) in [5, 5.41) is 12.4. The molecule has 8 rings (SSSR count). The number of nitriles is 1. The number of hydrogen-bond donors (Lipinski definition) is 0. The van der Waals surface area contributed by atoms with Crippen molar-refractivity contribution in [1.82, 2.24) is 9.55 Å². The van der Waals surface area contributed by atoms with E-state index in [0.717, 1.165) is 39.0 Å². The first-order valence-corrected chi connectivity index (χ1v) is 19.1. The number of benzene rings is 5. The van der Waals surface area contributed by atoms with Crippen LogP contribution in [0.4, 0.5) is 22.7 Å². The minimum absolute atomic E-state index is 0.0103. The summed E-state index contributed by atoms with van der Waals surface area (Å²) in [5.41, 5.74) is 10.8. The van der Waals surface area contributed by atoms with Crippen molar-refractivity contribution in [2.24, 2.45) is 0 Å². The standard InChI is InChI=1S/C49H49N5O/c1-47(2,3)33-21-22-51-45(27-33)54-41-18-11-10-17-40(41)46-32(30-50)23-39(29-44(46)54)55-38-16-14-15-36(28-38)52-31-53(43-20-13-12-19-42(43)52)37-25-34(48(4,5)6)24-35(26-37)49(7,8)9/h10-29H,31H2,1-9H3. The summed E-state index contributed by atoms with van der Waals surface area (Å²) >= 11 is 0. The van der Waals surface area contributed by atoms with Crippen LogP contribution in [0.3, 0.4) is 0 Å². The van der Waals surface area contributed by atoms with E-state index in [1.165, 1.54) is 28.1 Å². The molecule has 0 saturated heterocycles. The lowest BCUT2D eigenvalue weighted by atomic mass is 9.80. The Balaban J connectivity index is 1.19. The first kappa shape index (κ1) is 35.9. The predicted octanol–water partition coefficient (Wildman–Crippen LogP) is 13.0. The molecule has 1 aliphatic heterocycles. The van der Waals surface area contributed by atoms with Gasteiger partial charge < -0.3 is 14.5 Å². The average molecular weight is 724 g/mol. The molecule has 2 aromatic heterocycles. The smallest absolute Gasteiger partial charge is 0.137 e. The van der Waals surface area contributed by atoms with Crippen molar-refractivity contribution >= 4 is 44.6 Å². The Kier molecular flexibility index (Phi) is 8.53. The van der Waals surface area contributed by atoms with E-state index < -0.39 is 0 Å². The van der Waals surface area contributed by atoms with Crippen LogP contribution in [-0.4, -0.2) is 16.2 Å². The van der Waals surface area contributed by atoms with Gasteiger partial charge in [0.25, 0.3) is 0 Å². The molecule has 3 heterocycles. The molecule has 1 aliphatic rings. The highest BCUT2D eigenvalue weighted by molar-refractivity contribution is 6.12. The van der Waals surface area contributed by atoms with Crippen LogP contribution >= 0.6 is 0 Å². The van der Waals surface area contributed by atoms with Crippen molar-refractivity contribution in [3.63, 3.8) is 0 Å². The van der Waals surface area contributed by atoms with Gasteiger partial charge in [0.15, 0.2) is 0 Å². The quantitative estimate of drug-likeness (QED) is 0.177. The lowest BCUT2D eigenvalue weighted by Crippen LogP contribution is -2.25. The second-order valence-corrected chi connectivity index (χ2v) is 17.8. The largest absolute Gasteiger partial charge is 0.457 e. The average Bonchev–Trinajstić information content (AvgIpc) is 3.70. The predicted molar refractivity (Wildman–Crippen MR) is 228 cm³/mol. The van der Waals surface area contributed by atoms with Crippen LogP contribution in [0.5, 0.6) is 11.5 Å². The van der Waals surface area contributed by atoms with Crippen LogP contribution in [0.1, 0.15) is 84.6 Å². The molecular formula is C49H49N5O. The van der Waals surface area contributed by atoms with Crippen LogP contribution in [0.2, 0.25) is 0 Å². The normalized spacial score (nSPS) is 13.4. The van der Waals surface area contributed by atoms with Crippen LogP contribution in [-0.2, 0) is 16.2 Å². The summed E-state index contributed by atoms with van der Waals surface area (Å²) in [5.74, 6) is 2.09. The van der Waals surface area contributed by atoms with E-state index >= 15 is 0 Å². The van der Waals surface area contributed by atoms with Crippen molar-refractivity contribution in [3.05, 3.63) is 144 Å². The van der Waals surface area contributed by atoms with Gasteiger partial charge >= 0.3 is 0 Å². The molecule has 0 radical (unpaired) electrons. The zero-order valence-corrected chi connectivity index (χ0v) is 33.4. The second-order valence-electron chi connectivity index (χ2n) is 17.8. The highest BCUT2D eigenvalue weighted by Crippen LogP contribution is 2.47. The Labute approximate surface area is 325 Å². The molecule has 5 aromatic carbocycles. The SMILES string of the molecule is CC(C)(C)c1cc(N2CN(c3cccc(Oc4cc(C#N)c5c6ccccc6n(-c6cc(C(C)(C)C)ccn6)c5c4)c3)c3ccccc32)cc(C(C)(C)C)c1. The molecule has 55 heavy (non-hydrogen) atoms. The maximum Gasteiger partial charge on any atom is 0.137 e.